The van der Waals surface area contributed by atoms with E-state index in [9.17, 15) is 9.59 Å². The van der Waals surface area contributed by atoms with Crippen LogP contribution in [0.2, 0.25) is 0 Å². The fraction of sp³-hybridized carbons (Fsp3) is 0.846. The molecule has 6 atom stereocenters. The molecule has 6 aliphatic rings. The molecule has 0 aromatic carbocycles. The molecule has 2 saturated carbocycles. The van der Waals surface area contributed by atoms with Gasteiger partial charge in [-0.25, -0.2) is 0 Å². The molecule has 4 aliphatic heterocycles. The highest BCUT2D eigenvalue weighted by Gasteiger charge is 2.56. The van der Waals surface area contributed by atoms with Crippen molar-refractivity contribution in [2.45, 2.75) is 81.7 Å². The lowest BCUT2D eigenvalue weighted by molar-refractivity contribution is -0.203. The minimum absolute atomic E-state index is 0.0242. The van der Waals surface area contributed by atoms with Crippen molar-refractivity contribution >= 4 is 11.7 Å². The normalized spacial score (nSPS) is 38.8. The van der Waals surface area contributed by atoms with E-state index in [2.05, 4.69) is 20.0 Å². The van der Waals surface area contributed by atoms with Crippen LogP contribution < -0.4 is 5.32 Å². The minimum atomic E-state index is -0.187. The summed E-state index contributed by atoms with van der Waals surface area (Å²) in [5.41, 5.74) is 0.373. The highest BCUT2D eigenvalue weighted by Crippen LogP contribution is 2.45. The highest BCUT2D eigenvalue weighted by atomic mass is 16.5. The molecule has 2 aliphatic carbocycles. The van der Waals surface area contributed by atoms with E-state index in [0.29, 0.717) is 18.2 Å². The zero-order valence-electron chi connectivity index (χ0n) is 20.3. The molecule has 1 amide bonds. The van der Waals surface area contributed by atoms with Crippen LogP contribution in [-0.4, -0.2) is 109 Å². The van der Waals surface area contributed by atoms with E-state index in [1.54, 1.807) is 0 Å². The molecule has 8 heteroatoms. The van der Waals surface area contributed by atoms with Gasteiger partial charge in [0.1, 0.15) is 0 Å². The number of hydrogen-bond acceptors (Lipinski definition) is 7. The van der Waals surface area contributed by atoms with Gasteiger partial charge in [0.15, 0.2) is 5.78 Å². The number of rotatable bonds is 5. The second-order valence-electron chi connectivity index (χ2n) is 11.0. The third-order valence-corrected chi connectivity index (χ3v) is 9.18. The number of hydrogen-bond donors (Lipinski definition) is 1. The van der Waals surface area contributed by atoms with E-state index in [1.807, 2.05) is 6.20 Å². The second kappa shape index (κ2) is 9.88. The smallest absolute Gasteiger partial charge is 0.256 e. The monoisotopic (exact) mass is 472 g/mol. The number of ketones is 1. The zero-order valence-corrected chi connectivity index (χ0v) is 20.3. The van der Waals surface area contributed by atoms with Crippen molar-refractivity contribution in [3.63, 3.8) is 0 Å². The molecule has 5 fully saturated rings. The van der Waals surface area contributed by atoms with Gasteiger partial charge in [-0.15, -0.1) is 0 Å². The molecule has 0 aromatic rings. The summed E-state index contributed by atoms with van der Waals surface area (Å²) in [4.78, 5) is 34.2. The number of likely N-dealkylation sites (tertiary alicyclic amines) is 1. The van der Waals surface area contributed by atoms with Crippen molar-refractivity contribution in [2.24, 2.45) is 5.92 Å². The van der Waals surface area contributed by atoms with Gasteiger partial charge in [0, 0.05) is 44.3 Å². The number of carbonyl (C=O) groups is 2. The van der Waals surface area contributed by atoms with Gasteiger partial charge in [-0.1, -0.05) is 12.8 Å². The van der Waals surface area contributed by atoms with Crippen molar-refractivity contribution in [1.29, 1.82) is 0 Å². The Kier molecular flexibility index (Phi) is 6.67. The van der Waals surface area contributed by atoms with Gasteiger partial charge < -0.3 is 24.6 Å². The number of morpholine rings is 2. The Labute approximate surface area is 203 Å². The molecule has 6 rings (SSSR count). The lowest BCUT2D eigenvalue weighted by Gasteiger charge is -2.60. The van der Waals surface area contributed by atoms with E-state index >= 15 is 0 Å². The third-order valence-electron chi connectivity index (χ3n) is 9.18. The van der Waals surface area contributed by atoms with E-state index in [0.717, 1.165) is 71.6 Å². The van der Waals surface area contributed by atoms with Crippen LogP contribution >= 0.6 is 0 Å². The molecule has 188 valence electrons. The molecular formula is C26H40N4O4. The van der Waals surface area contributed by atoms with Crippen molar-refractivity contribution < 1.29 is 19.1 Å². The number of fused-ring (bicyclic) bond motifs is 2. The molecule has 8 nitrogen and oxygen atoms in total. The molecule has 0 bridgehead atoms. The van der Waals surface area contributed by atoms with Gasteiger partial charge in [0.25, 0.3) is 5.91 Å². The predicted octanol–water partition coefficient (Wildman–Crippen LogP) is 1.16. The number of carbonyl (C=O) groups excluding carboxylic acids is 2. The molecule has 0 radical (unpaired) electrons. The second-order valence-corrected chi connectivity index (χ2v) is 11.0. The van der Waals surface area contributed by atoms with Gasteiger partial charge in [-0.05, 0) is 51.6 Å². The first-order valence-corrected chi connectivity index (χ1v) is 13.7. The summed E-state index contributed by atoms with van der Waals surface area (Å²) in [6.45, 7) is 7.11. The maximum Gasteiger partial charge on any atom is 0.256 e. The Hall–Kier alpha value is -1.48. The fourth-order valence-corrected chi connectivity index (χ4v) is 7.47. The summed E-state index contributed by atoms with van der Waals surface area (Å²) >= 11 is 0. The molecule has 34 heavy (non-hydrogen) atoms. The van der Waals surface area contributed by atoms with Gasteiger partial charge in [0.2, 0.25) is 0 Å². The maximum atomic E-state index is 13.6. The maximum absolute atomic E-state index is 13.6. The van der Waals surface area contributed by atoms with E-state index in [4.69, 9.17) is 9.47 Å². The molecule has 1 N–H and O–H groups in total. The van der Waals surface area contributed by atoms with Crippen molar-refractivity contribution in [2.75, 3.05) is 52.5 Å². The van der Waals surface area contributed by atoms with Crippen LogP contribution in [0.25, 0.3) is 0 Å². The topological polar surface area (TPSA) is 74.3 Å². The standard InChI is InChI=1S/C26H40N4O4/c31-24-18-7-8-21(29-13-15-33-16-14-29)25-23(18)30(20-5-1-2-6-22(20)34-25)17-19(24)26(32)27-9-12-28-10-3-4-11-28/h17-18,20-23,25H,1-16H2,(H,27,32). The first-order valence-electron chi connectivity index (χ1n) is 13.7. The Morgan fingerprint density at radius 1 is 0.971 bits per heavy atom. The number of nitrogens with zero attached hydrogens (tertiary/aromatic N) is 3. The third kappa shape index (κ3) is 4.21. The van der Waals surface area contributed by atoms with Crippen LogP contribution in [0.1, 0.15) is 51.4 Å². The number of ether oxygens (including phenoxy) is 2. The molecule has 0 spiro atoms. The van der Waals surface area contributed by atoms with Crippen LogP contribution in [-0.2, 0) is 19.1 Å². The summed E-state index contributed by atoms with van der Waals surface area (Å²) in [5.74, 6) is -0.300. The van der Waals surface area contributed by atoms with Gasteiger partial charge >= 0.3 is 0 Å². The Morgan fingerprint density at radius 3 is 2.59 bits per heavy atom. The minimum Gasteiger partial charge on any atom is -0.379 e. The van der Waals surface area contributed by atoms with E-state index in [1.165, 1.54) is 25.7 Å². The Morgan fingerprint density at radius 2 is 1.76 bits per heavy atom. The molecule has 6 unspecified atom stereocenters. The van der Waals surface area contributed by atoms with Crippen LogP contribution in [0.5, 0.6) is 0 Å². The molecule has 0 aromatic heterocycles. The van der Waals surface area contributed by atoms with E-state index in [-0.39, 0.29) is 41.9 Å². The number of nitrogens with one attached hydrogen (secondary N) is 1. The lowest BCUT2D eigenvalue weighted by Crippen LogP contribution is -2.71. The highest BCUT2D eigenvalue weighted by molar-refractivity contribution is 6.20. The average molecular weight is 473 g/mol. The number of amides is 1. The predicted molar refractivity (Wildman–Crippen MR) is 127 cm³/mol. The van der Waals surface area contributed by atoms with Crippen LogP contribution in [0.15, 0.2) is 11.8 Å². The quantitative estimate of drug-likeness (QED) is 0.602. The summed E-state index contributed by atoms with van der Waals surface area (Å²) < 4.78 is 12.5. The van der Waals surface area contributed by atoms with Crippen LogP contribution in [0.3, 0.4) is 0 Å². The summed E-state index contributed by atoms with van der Waals surface area (Å²) in [6.07, 6.45) is 11.0. The van der Waals surface area contributed by atoms with Gasteiger partial charge in [0.05, 0.1) is 43.1 Å². The summed E-state index contributed by atoms with van der Waals surface area (Å²) in [7, 11) is 0. The average Bonchev–Trinajstić information content (AvgIpc) is 3.39. The Balaban J connectivity index is 1.23. The van der Waals surface area contributed by atoms with Crippen LogP contribution in [0, 0.1) is 5.92 Å². The summed E-state index contributed by atoms with van der Waals surface area (Å²) in [6, 6.07) is 0.656. The molecule has 3 saturated heterocycles. The largest absolute Gasteiger partial charge is 0.379 e. The van der Waals surface area contributed by atoms with Crippen LogP contribution in [0.4, 0.5) is 0 Å². The fourth-order valence-electron chi connectivity index (χ4n) is 7.47. The first-order chi connectivity index (χ1) is 16.7. The Bertz CT molecular complexity index is 807. The molecule has 4 heterocycles. The summed E-state index contributed by atoms with van der Waals surface area (Å²) in [5, 5.41) is 3.06. The van der Waals surface area contributed by atoms with Crippen molar-refractivity contribution in [3.05, 3.63) is 11.8 Å². The zero-order chi connectivity index (χ0) is 23.1. The van der Waals surface area contributed by atoms with Crippen molar-refractivity contribution in [1.82, 2.24) is 20.0 Å². The first kappa shape index (κ1) is 23.0. The van der Waals surface area contributed by atoms with E-state index < -0.39 is 0 Å². The van der Waals surface area contributed by atoms with Gasteiger partial charge in [-0.2, -0.15) is 0 Å². The molecular weight excluding hydrogens is 432 g/mol. The SMILES string of the molecule is O=C(NCCN1CCCC1)C1=CN2C3CCCCC3OC3C(N4CCOCC4)CCC(C1=O)C32. The lowest BCUT2D eigenvalue weighted by atomic mass is 9.70. The van der Waals surface area contributed by atoms with Gasteiger partial charge in [-0.3, -0.25) is 14.5 Å². The number of Topliss-reactive ketones (excluding diaryl/α,β-unsaturated/α-hetero) is 1. The van der Waals surface area contributed by atoms with Crippen molar-refractivity contribution in [3.8, 4) is 0 Å².